The van der Waals surface area contributed by atoms with Gasteiger partial charge in [0.1, 0.15) is 5.76 Å². The van der Waals surface area contributed by atoms with E-state index in [0.717, 1.165) is 5.56 Å². The topological polar surface area (TPSA) is 107 Å². The number of aliphatic hydroxyl groups is 2. The molecule has 1 saturated heterocycles. The molecule has 0 bridgehead atoms. The molecule has 1 amide bonds. The second kappa shape index (κ2) is 7.74. The average molecular weight is 383 g/mol. The standard InChI is InChI=1S/C21H21NO6/c1-12-3-5-13(6-4-12)19(25)17-18(22(9-10-23)21(27)20(17)26)14-7-8-15(24)16(11-14)28-2/h3-8,11,18,23-25H,9-10H2,1-2H3/b19-17-. The number of benzene rings is 2. The Hall–Kier alpha value is -3.32. The van der Waals surface area contributed by atoms with Gasteiger partial charge in [-0.25, -0.2) is 0 Å². The number of aromatic hydroxyl groups is 1. The molecule has 0 radical (unpaired) electrons. The number of ether oxygens (including phenoxy) is 1. The van der Waals surface area contributed by atoms with Crippen molar-refractivity contribution in [2.45, 2.75) is 13.0 Å². The van der Waals surface area contributed by atoms with Crippen LogP contribution >= 0.6 is 0 Å². The first-order valence-electron chi connectivity index (χ1n) is 8.72. The lowest BCUT2D eigenvalue weighted by Crippen LogP contribution is -2.32. The van der Waals surface area contributed by atoms with Crippen molar-refractivity contribution in [3.05, 3.63) is 64.7 Å². The monoisotopic (exact) mass is 383 g/mol. The fourth-order valence-corrected chi connectivity index (χ4v) is 3.30. The minimum atomic E-state index is -0.914. The molecule has 1 heterocycles. The number of phenolic OH excluding ortho intramolecular Hbond substituents is 1. The Kier molecular flexibility index (Phi) is 5.37. The number of β-amino-alcohol motifs (C(OH)–C–C–N with tert-alkyl or cyclic N) is 1. The average Bonchev–Trinajstić information content (AvgIpc) is 2.94. The van der Waals surface area contributed by atoms with E-state index in [4.69, 9.17) is 4.74 Å². The van der Waals surface area contributed by atoms with Crippen LogP contribution in [0.25, 0.3) is 5.76 Å². The third-order valence-corrected chi connectivity index (χ3v) is 4.73. The molecule has 3 N–H and O–H groups in total. The molecule has 146 valence electrons. The Morgan fingerprint density at radius 1 is 1.14 bits per heavy atom. The molecule has 0 aliphatic carbocycles. The van der Waals surface area contributed by atoms with Crippen molar-refractivity contribution in [2.75, 3.05) is 20.3 Å². The van der Waals surface area contributed by atoms with Crippen LogP contribution in [0.15, 0.2) is 48.0 Å². The first kappa shape index (κ1) is 19.4. The Balaban J connectivity index is 2.20. The van der Waals surface area contributed by atoms with E-state index in [9.17, 15) is 24.9 Å². The summed E-state index contributed by atoms with van der Waals surface area (Å²) >= 11 is 0. The summed E-state index contributed by atoms with van der Waals surface area (Å²) in [5, 5.41) is 30.1. The number of amides is 1. The molecule has 2 aromatic rings. The number of aryl methyl sites for hydroxylation is 1. The second-order valence-electron chi connectivity index (χ2n) is 6.51. The predicted molar refractivity (Wildman–Crippen MR) is 102 cm³/mol. The number of carbonyl (C=O) groups excluding carboxylic acids is 2. The van der Waals surface area contributed by atoms with E-state index in [0.29, 0.717) is 11.1 Å². The first-order valence-corrected chi connectivity index (χ1v) is 8.72. The van der Waals surface area contributed by atoms with Gasteiger partial charge in [-0.1, -0.05) is 35.9 Å². The van der Waals surface area contributed by atoms with Gasteiger partial charge in [0.15, 0.2) is 11.5 Å². The number of likely N-dealkylation sites (tertiary alicyclic amines) is 1. The summed E-state index contributed by atoms with van der Waals surface area (Å²) in [5.41, 5.74) is 1.78. The van der Waals surface area contributed by atoms with Crippen molar-refractivity contribution in [1.29, 1.82) is 0 Å². The lowest BCUT2D eigenvalue weighted by molar-refractivity contribution is -0.140. The number of nitrogens with zero attached hydrogens (tertiary/aromatic N) is 1. The molecule has 7 heteroatoms. The number of methoxy groups -OCH3 is 1. The molecule has 1 aliphatic rings. The fraction of sp³-hybridized carbons (Fsp3) is 0.238. The first-order chi connectivity index (χ1) is 13.4. The maximum Gasteiger partial charge on any atom is 0.295 e. The van der Waals surface area contributed by atoms with Crippen LogP contribution in [-0.2, 0) is 9.59 Å². The highest BCUT2D eigenvalue weighted by molar-refractivity contribution is 6.46. The van der Waals surface area contributed by atoms with E-state index >= 15 is 0 Å². The van der Waals surface area contributed by atoms with Gasteiger partial charge in [0.2, 0.25) is 0 Å². The Morgan fingerprint density at radius 2 is 1.82 bits per heavy atom. The third-order valence-electron chi connectivity index (χ3n) is 4.73. The summed E-state index contributed by atoms with van der Waals surface area (Å²) < 4.78 is 5.12. The normalized spacial score (nSPS) is 18.5. The zero-order valence-corrected chi connectivity index (χ0v) is 15.5. The van der Waals surface area contributed by atoms with Gasteiger partial charge in [0, 0.05) is 12.1 Å². The maximum absolute atomic E-state index is 12.7. The van der Waals surface area contributed by atoms with Crippen LogP contribution in [0.3, 0.4) is 0 Å². The quantitative estimate of drug-likeness (QED) is 0.415. The molecule has 3 rings (SSSR count). The number of hydrogen-bond donors (Lipinski definition) is 3. The molecule has 7 nitrogen and oxygen atoms in total. The lowest BCUT2D eigenvalue weighted by Gasteiger charge is -2.25. The minimum absolute atomic E-state index is 0.0740. The molecule has 2 aromatic carbocycles. The second-order valence-corrected chi connectivity index (χ2v) is 6.51. The van der Waals surface area contributed by atoms with Gasteiger partial charge in [-0.2, -0.15) is 0 Å². The molecule has 1 unspecified atom stereocenters. The predicted octanol–water partition coefficient (Wildman–Crippen LogP) is 2.12. The SMILES string of the molecule is COc1cc(C2/C(=C(/O)c3ccc(C)cc3)C(=O)C(=O)N2CCO)ccc1O. The Labute approximate surface area is 162 Å². The molecular formula is C21H21NO6. The summed E-state index contributed by atoms with van der Waals surface area (Å²) in [6.07, 6.45) is 0. The van der Waals surface area contributed by atoms with Gasteiger partial charge in [-0.3, -0.25) is 9.59 Å². The summed E-state index contributed by atoms with van der Waals surface area (Å²) in [7, 11) is 1.38. The molecule has 0 aromatic heterocycles. The molecule has 0 saturated carbocycles. The van der Waals surface area contributed by atoms with Crippen molar-refractivity contribution < 1.29 is 29.6 Å². The number of hydrogen-bond acceptors (Lipinski definition) is 6. The maximum atomic E-state index is 12.7. The highest BCUT2D eigenvalue weighted by atomic mass is 16.5. The molecule has 1 aliphatic heterocycles. The Morgan fingerprint density at radius 3 is 2.43 bits per heavy atom. The minimum Gasteiger partial charge on any atom is -0.507 e. The zero-order chi connectivity index (χ0) is 20.4. The number of phenols is 1. The van der Waals surface area contributed by atoms with E-state index in [-0.39, 0.29) is 36.0 Å². The summed E-state index contributed by atoms with van der Waals surface area (Å²) in [5.74, 6) is -1.86. The van der Waals surface area contributed by atoms with Gasteiger partial charge >= 0.3 is 0 Å². The fourth-order valence-electron chi connectivity index (χ4n) is 3.30. The largest absolute Gasteiger partial charge is 0.507 e. The van der Waals surface area contributed by atoms with Gasteiger partial charge in [0.25, 0.3) is 11.7 Å². The van der Waals surface area contributed by atoms with Crippen molar-refractivity contribution in [2.24, 2.45) is 0 Å². The highest BCUT2D eigenvalue weighted by Crippen LogP contribution is 2.41. The molecule has 28 heavy (non-hydrogen) atoms. The summed E-state index contributed by atoms with van der Waals surface area (Å²) in [6.45, 7) is 1.47. The van der Waals surface area contributed by atoms with Gasteiger partial charge in [0.05, 0.1) is 25.3 Å². The van der Waals surface area contributed by atoms with Crippen molar-refractivity contribution in [3.63, 3.8) is 0 Å². The number of aliphatic hydroxyl groups excluding tert-OH is 2. The van der Waals surface area contributed by atoms with Crippen LogP contribution in [0.2, 0.25) is 0 Å². The van der Waals surface area contributed by atoms with Gasteiger partial charge in [-0.15, -0.1) is 0 Å². The van der Waals surface area contributed by atoms with Gasteiger partial charge < -0.3 is 25.0 Å². The van der Waals surface area contributed by atoms with Crippen LogP contribution in [0, 0.1) is 6.92 Å². The molecular weight excluding hydrogens is 362 g/mol. The lowest BCUT2D eigenvalue weighted by atomic mass is 9.94. The highest BCUT2D eigenvalue weighted by Gasteiger charge is 2.46. The van der Waals surface area contributed by atoms with Crippen LogP contribution in [0.4, 0.5) is 0 Å². The van der Waals surface area contributed by atoms with E-state index in [1.165, 1.54) is 24.1 Å². The van der Waals surface area contributed by atoms with Crippen LogP contribution in [-0.4, -0.2) is 52.2 Å². The molecule has 1 fully saturated rings. The summed E-state index contributed by atoms with van der Waals surface area (Å²) in [6, 6.07) is 10.4. The molecule has 0 spiro atoms. The van der Waals surface area contributed by atoms with E-state index in [1.54, 1.807) is 30.3 Å². The molecule has 1 atom stereocenters. The number of Topliss-reactive ketones (excluding diaryl/α,β-unsaturated/α-hetero) is 1. The number of carbonyl (C=O) groups is 2. The van der Waals surface area contributed by atoms with E-state index < -0.39 is 17.7 Å². The summed E-state index contributed by atoms with van der Waals surface area (Å²) in [4.78, 5) is 26.4. The van der Waals surface area contributed by atoms with E-state index in [1.807, 2.05) is 6.92 Å². The smallest absolute Gasteiger partial charge is 0.295 e. The van der Waals surface area contributed by atoms with E-state index in [2.05, 4.69) is 0 Å². The van der Waals surface area contributed by atoms with Crippen LogP contribution in [0.1, 0.15) is 22.7 Å². The third kappa shape index (κ3) is 3.32. The van der Waals surface area contributed by atoms with Crippen LogP contribution < -0.4 is 4.74 Å². The van der Waals surface area contributed by atoms with Crippen molar-refractivity contribution >= 4 is 17.4 Å². The number of rotatable bonds is 5. The number of ketones is 1. The van der Waals surface area contributed by atoms with Crippen molar-refractivity contribution in [1.82, 2.24) is 4.90 Å². The Bertz CT molecular complexity index is 948. The van der Waals surface area contributed by atoms with Crippen molar-refractivity contribution in [3.8, 4) is 11.5 Å². The van der Waals surface area contributed by atoms with Crippen LogP contribution in [0.5, 0.6) is 11.5 Å². The van der Waals surface area contributed by atoms with Gasteiger partial charge in [-0.05, 0) is 24.6 Å². The zero-order valence-electron chi connectivity index (χ0n) is 15.5.